The summed E-state index contributed by atoms with van der Waals surface area (Å²) in [6.45, 7) is 9.67. The van der Waals surface area contributed by atoms with Crippen molar-refractivity contribution >= 4 is 47.2 Å². The van der Waals surface area contributed by atoms with Gasteiger partial charge in [0.15, 0.2) is 5.96 Å². The number of allylic oxidation sites excluding steroid dienone is 1. The molecule has 0 saturated heterocycles. The van der Waals surface area contributed by atoms with Gasteiger partial charge in [0.25, 0.3) is 0 Å². The van der Waals surface area contributed by atoms with Crippen molar-refractivity contribution < 1.29 is 9.53 Å². The van der Waals surface area contributed by atoms with Crippen molar-refractivity contribution in [3.8, 4) is 0 Å². The predicted molar refractivity (Wildman–Crippen MR) is 122 cm³/mol. The number of ether oxygens (including phenoxy) is 1. The summed E-state index contributed by atoms with van der Waals surface area (Å²) in [6.07, 6.45) is 7.06. The molecule has 2 N–H and O–H groups in total. The average molecular weight is 506 g/mol. The monoisotopic (exact) mass is 506 g/mol. The zero-order valence-corrected chi connectivity index (χ0v) is 19.8. The van der Waals surface area contributed by atoms with Crippen LogP contribution in [0, 0.1) is 6.92 Å². The Morgan fingerprint density at radius 2 is 2.22 bits per heavy atom. The molecule has 0 saturated carbocycles. The number of aliphatic imine (C=N–C) groups is 1. The maximum absolute atomic E-state index is 12.0. The normalized spacial score (nSPS) is 15.0. The predicted octanol–water partition coefficient (Wildman–Crippen LogP) is 4.36. The van der Waals surface area contributed by atoms with E-state index < -0.39 is 0 Å². The molecule has 2 rings (SSSR count). The molecule has 0 fully saturated rings. The lowest BCUT2D eigenvalue weighted by Gasteiger charge is -2.16. The number of aromatic nitrogens is 1. The molecule has 1 unspecified atom stereocenters. The van der Waals surface area contributed by atoms with E-state index in [0.29, 0.717) is 17.2 Å². The first-order valence-electron chi connectivity index (χ1n) is 9.42. The molecule has 1 heterocycles. The van der Waals surface area contributed by atoms with Crippen molar-refractivity contribution in [2.75, 3.05) is 19.7 Å². The van der Waals surface area contributed by atoms with Crippen molar-refractivity contribution in [2.24, 2.45) is 4.99 Å². The van der Waals surface area contributed by atoms with Gasteiger partial charge in [-0.1, -0.05) is 11.6 Å². The standard InChI is InChI=1S/C19H30N4O2S.HI/c1-5-20-19(21-12-11-15-9-7-8-10-15)23-14(4)17-22-13(3)16(26-17)18(24)25-6-2;/h9,14H,5-8,10-12H2,1-4H3,(H2,20,21,23);1H. The smallest absolute Gasteiger partial charge is 0.350 e. The number of esters is 1. The second kappa shape index (κ2) is 12.3. The summed E-state index contributed by atoms with van der Waals surface area (Å²) in [5.41, 5.74) is 2.24. The molecule has 27 heavy (non-hydrogen) atoms. The van der Waals surface area contributed by atoms with E-state index in [2.05, 4.69) is 26.7 Å². The molecule has 152 valence electrons. The molecule has 1 atom stereocenters. The van der Waals surface area contributed by atoms with E-state index >= 15 is 0 Å². The molecule has 1 aliphatic carbocycles. The third-order valence-electron chi connectivity index (χ3n) is 4.18. The minimum absolute atomic E-state index is 0. The molecule has 0 amide bonds. The number of hydrogen-bond acceptors (Lipinski definition) is 5. The Morgan fingerprint density at radius 1 is 1.44 bits per heavy atom. The number of nitrogens with one attached hydrogen (secondary N) is 2. The highest BCUT2D eigenvalue weighted by atomic mass is 127. The Balaban J connectivity index is 0.00000364. The van der Waals surface area contributed by atoms with Crippen molar-refractivity contribution in [1.82, 2.24) is 15.6 Å². The Morgan fingerprint density at radius 3 is 2.85 bits per heavy atom. The number of guanidine groups is 1. The molecule has 6 nitrogen and oxygen atoms in total. The van der Waals surface area contributed by atoms with E-state index in [1.165, 1.54) is 36.2 Å². The van der Waals surface area contributed by atoms with Gasteiger partial charge in [0.2, 0.25) is 0 Å². The van der Waals surface area contributed by atoms with E-state index in [4.69, 9.17) is 4.74 Å². The summed E-state index contributed by atoms with van der Waals surface area (Å²) in [5, 5.41) is 7.52. The van der Waals surface area contributed by atoms with E-state index in [1.54, 1.807) is 6.92 Å². The van der Waals surface area contributed by atoms with Gasteiger partial charge in [0, 0.05) is 13.1 Å². The quantitative estimate of drug-likeness (QED) is 0.180. The third kappa shape index (κ3) is 7.40. The van der Waals surface area contributed by atoms with Crippen LogP contribution in [0.1, 0.15) is 72.9 Å². The Hall–Kier alpha value is -1.16. The third-order valence-corrected chi connectivity index (χ3v) is 5.50. The minimum atomic E-state index is -0.300. The van der Waals surface area contributed by atoms with Gasteiger partial charge in [-0.3, -0.25) is 4.99 Å². The molecule has 1 aromatic heterocycles. The van der Waals surface area contributed by atoms with Gasteiger partial charge in [-0.15, -0.1) is 35.3 Å². The number of thiazole rings is 1. The highest BCUT2D eigenvalue weighted by Crippen LogP contribution is 2.24. The molecule has 0 bridgehead atoms. The van der Waals surface area contributed by atoms with Gasteiger partial charge in [-0.2, -0.15) is 0 Å². The maximum atomic E-state index is 12.0. The highest BCUT2D eigenvalue weighted by Gasteiger charge is 2.20. The number of hydrogen-bond donors (Lipinski definition) is 2. The largest absolute Gasteiger partial charge is 0.462 e. The van der Waals surface area contributed by atoms with Crippen LogP contribution in [0.3, 0.4) is 0 Å². The van der Waals surface area contributed by atoms with Gasteiger partial charge in [-0.25, -0.2) is 9.78 Å². The van der Waals surface area contributed by atoms with Gasteiger partial charge in [0.05, 0.1) is 18.3 Å². The van der Waals surface area contributed by atoms with E-state index in [1.807, 2.05) is 20.8 Å². The summed E-state index contributed by atoms with van der Waals surface area (Å²) in [7, 11) is 0. The fourth-order valence-corrected chi connectivity index (χ4v) is 3.81. The van der Waals surface area contributed by atoms with Crippen molar-refractivity contribution in [3.05, 3.63) is 27.2 Å². The molecule has 0 radical (unpaired) electrons. The van der Waals surface area contributed by atoms with Gasteiger partial charge in [0.1, 0.15) is 9.88 Å². The molecular formula is C19H31IN4O2S. The summed E-state index contributed by atoms with van der Waals surface area (Å²) in [6, 6.07) is -0.0367. The van der Waals surface area contributed by atoms with Crippen molar-refractivity contribution in [1.29, 1.82) is 0 Å². The lowest BCUT2D eigenvalue weighted by Crippen LogP contribution is -2.38. The maximum Gasteiger partial charge on any atom is 0.350 e. The van der Waals surface area contributed by atoms with Crippen LogP contribution < -0.4 is 10.6 Å². The van der Waals surface area contributed by atoms with E-state index in [-0.39, 0.29) is 36.0 Å². The number of nitrogens with zero attached hydrogens (tertiary/aromatic N) is 2. The second-order valence-corrected chi connectivity index (χ2v) is 7.35. The topological polar surface area (TPSA) is 75.6 Å². The summed E-state index contributed by atoms with van der Waals surface area (Å²) >= 11 is 1.38. The van der Waals surface area contributed by atoms with E-state index in [9.17, 15) is 4.79 Å². The van der Waals surface area contributed by atoms with Crippen molar-refractivity contribution in [3.63, 3.8) is 0 Å². The van der Waals surface area contributed by atoms with Crippen LogP contribution in [0.15, 0.2) is 16.6 Å². The zero-order valence-electron chi connectivity index (χ0n) is 16.6. The molecule has 0 spiro atoms. The summed E-state index contributed by atoms with van der Waals surface area (Å²) < 4.78 is 5.09. The number of carbonyl (C=O) groups excluding carboxylic acids is 1. The van der Waals surface area contributed by atoms with Crippen LogP contribution in [-0.4, -0.2) is 36.6 Å². The Kier molecular flexibility index (Phi) is 10.9. The van der Waals surface area contributed by atoms with Gasteiger partial charge >= 0.3 is 5.97 Å². The first-order chi connectivity index (χ1) is 12.5. The van der Waals surface area contributed by atoms with Crippen molar-refractivity contribution in [2.45, 2.75) is 59.4 Å². The van der Waals surface area contributed by atoms with Crippen LogP contribution in [0.2, 0.25) is 0 Å². The first-order valence-corrected chi connectivity index (χ1v) is 10.2. The molecule has 8 heteroatoms. The van der Waals surface area contributed by atoms with Crippen LogP contribution in [0.5, 0.6) is 0 Å². The lowest BCUT2D eigenvalue weighted by molar-refractivity contribution is 0.0531. The van der Waals surface area contributed by atoms with Gasteiger partial charge in [-0.05, 0) is 53.4 Å². The van der Waals surface area contributed by atoms with Crippen LogP contribution >= 0.6 is 35.3 Å². The SMILES string of the molecule is CCNC(=NCCC1=CCCC1)NC(C)c1nc(C)c(C(=O)OCC)s1.I. The second-order valence-electron chi connectivity index (χ2n) is 6.32. The van der Waals surface area contributed by atoms with Crippen LogP contribution in [0.4, 0.5) is 0 Å². The van der Waals surface area contributed by atoms with E-state index in [0.717, 1.165) is 30.5 Å². The fourth-order valence-electron chi connectivity index (χ4n) is 2.85. The summed E-state index contributed by atoms with van der Waals surface area (Å²) in [5.74, 6) is 0.482. The average Bonchev–Trinajstić information content (AvgIpc) is 3.25. The Bertz CT molecular complexity index is 673. The zero-order chi connectivity index (χ0) is 18.9. The molecule has 0 aromatic carbocycles. The number of aryl methyl sites for hydroxylation is 1. The van der Waals surface area contributed by atoms with Crippen LogP contribution in [-0.2, 0) is 4.74 Å². The molecule has 0 aliphatic heterocycles. The summed E-state index contributed by atoms with van der Waals surface area (Å²) in [4.78, 5) is 21.8. The first kappa shape index (κ1) is 23.9. The van der Waals surface area contributed by atoms with Crippen LogP contribution in [0.25, 0.3) is 0 Å². The minimum Gasteiger partial charge on any atom is -0.462 e. The number of carbonyl (C=O) groups is 1. The lowest BCUT2D eigenvalue weighted by atomic mass is 10.2. The fraction of sp³-hybridized carbons (Fsp3) is 0.632. The molecule has 1 aliphatic rings. The molecule has 1 aromatic rings. The number of rotatable bonds is 8. The number of halogens is 1. The molecular weight excluding hydrogens is 475 g/mol. The highest BCUT2D eigenvalue weighted by molar-refractivity contribution is 14.0. The Labute approximate surface area is 183 Å². The van der Waals surface area contributed by atoms with Gasteiger partial charge < -0.3 is 15.4 Å².